The molecule has 5 heteroatoms. The highest BCUT2D eigenvalue weighted by molar-refractivity contribution is 7.95. The minimum absolute atomic E-state index is 0.829. The van der Waals surface area contributed by atoms with Crippen LogP contribution < -0.4 is 0 Å². The van der Waals surface area contributed by atoms with Gasteiger partial charge >= 0.3 is 5.24 Å². The molecular weight excluding hydrogens is 154 g/mol. The molecule has 0 aromatic carbocycles. The molecule has 10 heavy (non-hydrogen) atoms. The topological polar surface area (TPSA) is 59.3 Å². The van der Waals surface area contributed by atoms with Crippen LogP contribution in [-0.4, -0.2) is 18.6 Å². The van der Waals surface area contributed by atoms with Gasteiger partial charge in [0.15, 0.2) is 0 Å². The third-order valence-electron chi connectivity index (χ3n) is 0.965. The van der Waals surface area contributed by atoms with Crippen molar-refractivity contribution < 1.29 is 13.6 Å². The van der Waals surface area contributed by atoms with E-state index in [2.05, 4.69) is 0 Å². The first kappa shape index (κ1) is 7.17. The fourth-order valence-electron chi connectivity index (χ4n) is 0.546. The number of hydrogen-bond acceptors (Lipinski definition) is 2. The van der Waals surface area contributed by atoms with Gasteiger partial charge in [-0.1, -0.05) is 0 Å². The normalized spacial score (nSPS) is 12.9. The Balaban J connectivity index is 2.88. The number of carbonyl (C=O) groups excluding carboxylic acids is 1. The summed E-state index contributed by atoms with van der Waals surface area (Å²) in [5, 5.41) is -0.829. The number of rotatable bonds is 0. The van der Waals surface area contributed by atoms with Gasteiger partial charge in [-0.15, -0.1) is 0 Å². The van der Waals surface area contributed by atoms with Crippen LogP contribution in [0.4, 0.5) is 4.79 Å². The van der Waals surface area contributed by atoms with Crippen molar-refractivity contribution in [3.8, 4) is 0 Å². The van der Waals surface area contributed by atoms with Gasteiger partial charge in [0.1, 0.15) is 0 Å². The fourth-order valence-corrected chi connectivity index (χ4v) is 0.848. The van der Waals surface area contributed by atoms with Gasteiger partial charge in [0.05, 0.1) is 0 Å². The van der Waals surface area contributed by atoms with E-state index in [1.54, 1.807) is 12.1 Å². The smallest absolute Gasteiger partial charge is 0.299 e. The molecule has 0 spiro atoms. The molecule has 1 aromatic heterocycles. The van der Waals surface area contributed by atoms with Gasteiger partial charge in [-0.25, -0.2) is 4.21 Å². The molecule has 0 radical (unpaired) electrons. The number of aromatic nitrogens is 1. The summed E-state index contributed by atoms with van der Waals surface area (Å²) >= 11 is -2.42. The van der Waals surface area contributed by atoms with Crippen LogP contribution in [-0.2, 0) is 11.1 Å². The largest absolute Gasteiger partial charge is 0.346 e. The lowest BCUT2D eigenvalue weighted by molar-refractivity contribution is 0.259. The van der Waals surface area contributed by atoms with Crippen LogP contribution in [0.15, 0.2) is 24.5 Å². The molecular formula is C5H5NO3S. The van der Waals surface area contributed by atoms with Crippen molar-refractivity contribution in [3.05, 3.63) is 24.5 Å². The standard InChI is InChI=1S/C5H5NO3S/c7-5(10(8)9)6-3-1-2-4-6/h1-4H,(H,8,9). The summed E-state index contributed by atoms with van der Waals surface area (Å²) in [6, 6.07) is 3.20. The Bertz CT molecular complexity index is 254. The second-order valence-electron chi connectivity index (χ2n) is 1.61. The van der Waals surface area contributed by atoms with Gasteiger partial charge < -0.3 is 0 Å². The molecule has 4 nitrogen and oxygen atoms in total. The Kier molecular flexibility index (Phi) is 1.98. The molecule has 0 bridgehead atoms. The summed E-state index contributed by atoms with van der Waals surface area (Å²) in [4.78, 5) is 10.6. The molecule has 54 valence electrons. The zero-order valence-corrected chi connectivity index (χ0v) is 5.75. The van der Waals surface area contributed by atoms with Crippen molar-refractivity contribution in [1.29, 1.82) is 0 Å². The lowest BCUT2D eigenvalue weighted by Gasteiger charge is -1.92. The van der Waals surface area contributed by atoms with E-state index in [0.717, 1.165) is 4.57 Å². The molecule has 0 aliphatic carbocycles. The van der Waals surface area contributed by atoms with Crippen LogP contribution in [0.25, 0.3) is 0 Å². The van der Waals surface area contributed by atoms with Crippen molar-refractivity contribution in [2.75, 3.05) is 0 Å². The van der Waals surface area contributed by atoms with E-state index in [1.807, 2.05) is 0 Å². The van der Waals surface area contributed by atoms with Crippen LogP contribution in [0, 0.1) is 0 Å². The van der Waals surface area contributed by atoms with E-state index in [0.29, 0.717) is 0 Å². The molecule has 0 aliphatic heterocycles. The Morgan fingerprint density at radius 2 is 1.90 bits per heavy atom. The van der Waals surface area contributed by atoms with Crippen molar-refractivity contribution in [2.45, 2.75) is 0 Å². The van der Waals surface area contributed by atoms with E-state index < -0.39 is 16.3 Å². The summed E-state index contributed by atoms with van der Waals surface area (Å²) in [6.45, 7) is 0. The van der Waals surface area contributed by atoms with E-state index in [9.17, 15) is 9.00 Å². The average Bonchev–Trinajstić information content (AvgIpc) is 2.36. The molecule has 0 saturated carbocycles. The molecule has 1 unspecified atom stereocenters. The lowest BCUT2D eigenvalue weighted by atomic mass is 10.7. The number of nitrogens with zero attached hydrogens (tertiary/aromatic N) is 1. The molecule has 0 aliphatic rings. The first-order valence-electron chi connectivity index (χ1n) is 2.50. The van der Waals surface area contributed by atoms with Gasteiger partial charge in [0.2, 0.25) is 11.1 Å². The first-order chi connectivity index (χ1) is 4.72. The van der Waals surface area contributed by atoms with Crippen LogP contribution in [0.5, 0.6) is 0 Å². The van der Waals surface area contributed by atoms with Crippen molar-refractivity contribution in [1.82, 2.24) is 4.57 Å². The van der Waals surface area contributed by atoms with E-state index in [4.69, 9.17) is 4.55 Å². The third-order valence-corrected chi connectivity index (χ3v) is 1.47. The second kappa shape index (κ2) is 2.76. The molecule has 1 heterocycles. The van der Waals surface area contributed by atoms with Crippen LogP contribution in [0.2, 0.25) is 0 Å². The minimum atomic E-state index is -2.42. The van der Waals surface area contributed by atoms with Crippen molar-refractivity contribution >= 4 is 16.3 Å². The fraction of sp³-hybridized carbons (Fsp3) is 0. The lowest BCUT2D eigenvalue weighted by Crippen LogP contribution is -2.12. The quantitative estimate of drug-likeness (QED) is 0.566. The minimum Gasteiger partial charge on any atom is -0.299 e. The van der Waals surface area contributed by atoms with E-state index in [-0.39, 0.29) is 0 Å². The molecule has 1 rings (SSSR count). The zero-order valence-electron chi connectivity index (χ0n) is 4.93. The average molecular weight is 159 g/mol. The SMILES string of the molecule is O=C(n1cccc1)S(=O)O. The maximum absolute atomic E-state index is 10.6. The third kappa shape index (κ3) is 1.31. The van der Waals surface area contributed by atoms with Gasteiger partial charge in [0, 0.05) is 12.4 Å². The summed E-state index contributed by atoms with van der Waals surface area (Å²) in [5.74, 6) is 0. The Morgan fingerprint density at radius 1 is 1.40 bits per heavy atom. The molecule has 1 atom stereocenters. The molecule has 1 N–H and O–H groups in total. The second-order valence-corrected chi connectivity index (χ2v) is 2.45. The predicted molar refractivity (Wildman–Crippen MR) is 36.0 cm³/mol. The first-order valence-corrected chi connectivity index (χ1v) is 3.60. The highest BCUT2D eigenvalue weighted by Gasteiger charge is 2.08. The monoisotopic (exact) mass is 159 g/mol. The number of carbonyl (C=O) groups is 1. The maximum atomic E-state index is 10.6. The van der Waals surface area contributed by atoms with E-state index in [1.165, 1.54) is 12.4 Å². The van der Waals surface area contributed by atoms with Crippen LogP contribution in [0.3, 0.4) is 0 Å². The Morgan fingerprint density at radius 3 is 2.30 bits per heavy atom. The van der Waals surface area contributed by atoms with Crippen molar-refractivity contribution in [3.63, 3.8) is 0 Å². The van der Waals surface area contributed by atoms with Gasteiger partial charge in [-0.2, -0.15) is 0 Å². The highest BCUT2D eigenvalue weighted by atomic mass is 32.2. The van der Waals surface area contributed by atoms with E-state index >= 15 is 0 Å². The summed E-state index contributed by atoms with van der Waals surface area (Å²) in [6.07, 6.45) is 2.83. The molecule has 0 amide bonds. The summed E-state index contributed by atoms with van der Waals surface area (Å²) in [5.41, 5.74) is 0. The van der Waals surface area contributed by atoms with Gasteiger partial charge in [-0.05, 0) is 12.1 Å². The van der Waals surface area contributed by atoms with Crippen LogP contribution in [0.1, 0.15) is 0 Å². The van der Waals surface area contributed by atoms with Gasteiger partial charge in [-0.3, -0.25) is 13.9 Å². The maximum Gasteiger partial charge on any atom is 0.346 e. The van der Waals surface area contributed by atoms with Gasteiger partial charge in [0.25, 0.3) is 0 Å². The predicted octanol–water partition coefficient (Wildman–Crippen LogP) is 0.678. The summed E-state index contributed by atoms with van der Waals surface area (Å²) in [7, 11) is 0. The molecule has 1 aromatic rings. The zero-order chi connectivity index (χ0) is 7.56. The Labute approximate surface area is 59.8 Å². The number of hydrogen-bond donors (Lipinski definition) is 1. The van der Waals surface area contributed by atoms with Crippen LogP contribution >= 0.6 is 0 Å². The Hall–Kier alpha value is -0.940. The van der Waals surface area contributed by atoms with Crippen molar-refractivity contribution in [2.24, 2.45) is 0 Å². The molecule has 0 fully saturated rings. The molecule has 0 saturated heterocycles. The summed E-state index contributed by atoms with van der Waals surface area (Å²) < 4.78 is 19.5. The highest BCUT2D eigenvalue weighted by Crippen LogP contribution is 1.92.